The van der Waals surface area contributed by atoms with Crippen molar-refractivity contribution < 1.29 is 16.8 Å². The summed E-state index contributed by atoms with van der Waals surface area (Å²) in [5, 5.41) is 3.95. The van der Waals surface area contributed by atoms with Crippen LogP contribution in [-0.2, 0) is 19.9 Å². The number of aromatic nitrogens is 2. The second kappa shape index (κ2) is 6.99. The van der Waals surface area contributed by atoms with Gasteiger partial charge in [-0.2, -0.15) is 13.5 Å². The van der Waals surface area contributed by atoms with Crippen molar-refractivity contribution in [2.75, 3.05) is 6.26 Å². The van der Waals surface area contributed by atoms with Gasteiger partial charge in [0.25, 0.3) is 10.0 Å². The summed E-state index contributed by atoms with van der Waals surface area (Å²) in [6.07, 6.45) is 0.873. The lowest BCUT2D eigenvalue weighted by Gasteiger charge is -2.14. The standard InChI is InChI=1S/C19H18N2O5S2/c1-13-9-11-16(12-10-13)28(25,26)21-19(22)18(27(3,23)24)17(14(2)20-21)15-7-5-4-6-8-15/h4-12H,1-3H3. The minimum absolute atomic E-state index is 0.100. The number of hydrogen-bond acceptors (Lipinski definition) is 6. The molecule has 28 heavy (non-hydrogen) atoms. The van der Waals surface area contributed by atoms with Crippen LogP contribution in [0.2, 0.25) is 0 Å². The Morgan fingerprint density at radius 1 is 0.857 bits per heavy atom. The largest absolute Gasteiger partial charge is 0.300 e. The van der Waals surface area contributed by atoms with Gasteiger partial charge in [-0.15, -0.1) is 4.09 Å². The van der Waals surface area contributed by atoms with Crippen molar-refractivity contribution in [3.63, 3.8) is 0 Å². The van der Waals surface area contributed by atoms with E-state index in [-0.39, 0.29) is 20.2 Å². The molecule has 0 atom stereocenters. The Kier molecular flexibility index (Phi) is 4.99. The highest BCUT2D eigenvalue weighted by Crippen LogP contribution is 2.27. The van der Waals surface area contributed by atoms with Crippen molar-refractivity contribution in [3.05, 3.63) is 76.2 Å². The van der Waals surface area contributed by atoms with E-state index in [0.717, 1.165) is 11.8 Å². The van der Waals surface area contributed by atoms with Crippen LogP contribution in [0.5, 0.6) is 0 Å². The molecule has 3 rings (SSSR count). The van der Waals surface area contributed by atoms with Gasteiger partial charge >= 0.3 is 5.56 Å². The quantitative estimate of drug-likeness (QED) is 0.643. The molecule has 0 bridgehead atoms. The Morgan fingerprint density at radius 3 is 1.96 bits per heavy atom. The summed E-state index contributed by atoms with van der Waals surface area (Å²) in [5.74, 6) is 0. The maximum absolute atomic E-state index is 13.0. The van der Waals surface area contributed by atoms with E-state index in [2.05, 4.69) is 5.10 Å². The maximum Gasteiger partial charge on any atom is 0.300 e. The average Bonchev–Trinajstić information content (AvgIpc) is 2.63. The second-order valence-electron chi connectivity index (χ2n) is 6.39. The predicted molar refractivity (Wildman–Crippen MR) is 106 cm³/mol. The van der Waals surface area contributed by atoms with Crippen LogP contribution in [0.3, 0.4) is 0 Å². The summed E-state index contributed by atoms with van der Waals surface area (Å²) >= 11 is 0. The maximum atomic E-state index is 13.0. The number of rotatable bonds is 4. The monoisotopic (exact) mass is 418 g/mol. The van der Waals surface area contributed by atoms with E-state index in [0.29, 0.717) is 5.56 Å². The molecule has 0 fully saturated rings. The molecular formula is C19H18N2O5S2. The molecular weight excluding hydrogens is 400 g/mol. The van der Waals surface area contributed by atoms with Crippen molar-refractivity contribution in [1.29, 1.82) is 0 Å². The molecule has 0 saturated carbocycles. The molecule has 146 valence electrons. The van der Waals surface area contributed by atoms with Crippen LogP contribution in [0.15, 0.2) is 69.2 Å². The van der Waals surface area contributed by atoms with E-state index in [1.807, 2.05) is 0 Å². The predicted octanol–water partition coefficient (Wildman–Crippen LogP) is 2.17. The lowest BCUT2D eigenvalue weighted by Crippen LogP contribution is -2.34. The highest BCUT2D eigenvalue weighted by Gasteiger charge is 2.29. The van der Waals surface area contributed by atoms with E-state index in [9.17, 15) is 21.6 Å². The molecule has 0 aliphatic heterocycles. The first-order valence-electron chi connectivity index (χ1n) is 8.25. The lowest BCUT2D eigenvalue weighted by atomic mass is 10.1. The number of sulfone groups is 1. The van der Waals surface area contributed by atoms with Gasteiger partial charge in [-0.3, -0.25) is 4.79 Å². The number of benzene rings is 2. The lowest BCUT2D eigenvalue weighted by molar-refractivity contribution is 0.571. The first kappa shape index (κ1) is 20.0. The van der Waals surface area contributed by atoms with Gasteiger partial charge in [0.15, 0.2) is 9.84 Å². The Hall–Kier alpha value is -2.78. The Bertz CT molecular complexity index is 1310. The zero-order chi connectivity index (χ0) is 20.7. The third kappa shape index (κ3) is 3.50. The second-order valence-corrected chi connectivity index (χ2v) is 10.1. The molecule has 0 amide bonds. The number of aryl methyl sites for hydroxylation is 2. The van der Waals surface area contributed by atoms with E-state index in [1.165, 1.54) is 19.1 Å². The molecule has 0 spiro atoms. The van der Waals surface area contributed by atoms with Crippen molar-refractivity contribution >= 4 is 19.9 Å². The fraction of sp³-hybridized carbons (Fsp3) is 0.158. The zero-order valence-corrected chi connectivity index (χ0v) is 17.1. The van der Waals surface area contributed by atoms with Crippen LogP contribution < -0.4 is 5.56 Å². The van der Waals surface area contributed by atoms with Crippen molar-refractivity contribution in [3.8, 4) is 11.1 Å². The van der Waals surface area contributed by atoms with Crippen LogP contribution >= 0.6 is 0 Å². The SMILES string of the molecule is Cc1ccc(S(=O)(=O)n2nc(C)c(-c3ccccc3)c(S(C)(=O)=O)c2=O)cc1. The number of hydrogen-bond donors (Lipinski definition) is 0. The first-order chi connectivity index (χ1) is 13.0. The topological polar surface area (TPSA) is 103 Å². The van der Waals surface area contributed by atoms with Crippen LogP contribution in [0, 0.1) is 13.8 Å². The van der Waals surface area contributed by atoms with Gasteiger partial charge in [0.2, 0.25) is 0 Å². The van der Waals surface area contributed by atoms with E-state index >= 15 is 0 Å². The summed E-state index contributed by atoms with van der Waals surface area (Å²) in [6, 6.07) is 14.3. The molecule has 0 N–H and O–H groups in total. The summed E-state index contributed by atoms with van der Waals surface area (Å²) < 4.78 is 51.0. The number of nitrogens with zero attached hydrogens (tertiary/aromatic N) is 2. The highest BCUT2D eigenvalue weighted by molar-refractivity contribution is 7.91. The van der Waals surface area contributed by atoms with Crippen molar-refractivity contribution in [2.24, 2.45) is 0 Å². The van der Waals surface area contributed by atoms with Gasteiger partial charge in [0, 0.05) is 11.8 Å². The molecule has 7 nitrogen and oxygen atoms in total. The fourth-order valence-corrected chi connectivity index (χ4v) is 5.17. The van der Waals surface area contributed by atoms with Crippen LogP contribution in [0.4, 0.5) is 0 Å². The third-order valence-corrected chi connectivity index (χ3v) is 6.87. The smallest absolute Gasteiger partial charge is 0.265 e. The van der Waals surface area contributed by atoms with Gasteiger partial charge in [-0.1, -0.05) is 48.0 Å². The van der Waals surface area contributed by atoms with E-state index in [4.69, 9.17) is 0 Å². The van der Waals surface area contributed by atoms with Crippen molar-refractivity contribution in [1.82, 2.24) is 9.19 Å². The molecule has 0 saturated heterocycles. The normalized spacial score (nSPS) is 12.1. The average molecular weight is 418 g/mol. The molecule has 0 aliphatic carbocycles. The Labute approximate surface area is 163 Å². The van der Waals surface area contributed by atoms with Gasteiger partial charge in [-0.25, -0.2) is 8.42 Å². The molecule has 1 heterocycles. The highest BCUT2D eigenvalue weighted by atomic mass is 32.2. The summed E-state index contributed by atoms with van der Waals surface area (Å²) in [6.45, 7) is 3.26. The van der Waals surface area contributed by atoms with Gasteiger partial charge in [-0.05, 0) is 31.5 Å². The van der Waals surface area contributed by atoms with Crippen LogP contribution in [-0.4, -0.2) is 32.3 Å². The Balaban J connectivity index is 2.40. The summed E-state index contributed by atoms with van der Waals surface area (Å²) in [7, 11) is -8.41. The van der Waals surface area contributed by atoms with Crippen LogP contribution in [0.1, 0.15) is 11.3 Å². The van der Waals surface area contributed by atoms with E-state index in [1.54, 1.807) is 49.4 Å². The summed E-state index contributed by atoms with van der Waals surface area (Å²) in [4.78, 5) is 12.2. The van der Waals surface area contributed by atoms with E-state index < -0.39 is 30.3 Å². The zero-order valence-electron chi connectivity index (χ0n) is 15.4. The fourth-order valence-electron chi connectivity index (χ4n) is 2.85. The minimum atomic E-state index is -4.36. The molecule has 0 radical (unpaired) electrons. The van der Waals surface area contributed by atoms with Crippen molar-refractivity contribution in [2.45, 2.75) is 23.6 Å². The summed E-state index contributed by atoms with van der Waals surface area (Å²) in [5.41, 5.74) is 0.314. The molecule has 0 aliphatic rings. The molecule has 3 aromatic rings. The van der Waals surface area contributed by atoms with Gasteiger partial charge < -0.3 is 0 Å². The molecule has 9 heteroatoms. The third-order valence-electron chi connectivity index (χ3n) is 4.18. The van der Waals surface area contributed by atoms with Crippen LogP contribution in [0.25, 0.3) is 11.1 Å². The van der Waals surface area contributed by atoms with Gasteiger partial charge in [0.1, 0.15) is 4.90 Å². The molecule has 1 aromatic heterocycles. The Morgan fingerprint density at radius 2 is 1.43 bits per heavy atom. The van der Waals surface area contributed by atoms with Gasteiger partial charge in [0.05, 0.1) is 10.6 Å². The molecule has 2 aromatic carbocycles. The minimum Gasteiger partial charge on any atom is -0.265 e. The first-order valence-corrected chi connectivity index (χ1v) is 11.6. The molecule has 0 unspecified atom stereocenters.